The maximum atomic E-state index is 12.6. The predicted octanol–water partition coefficient (Wildman–Crippen LogP) is 0.885. The molecule has 0 unspecified atom stereocenters. The average Bonchev–Trinajstić information content (AvgIpc) is 2.68. The van der Waals surface area contributed by atoms with Gasteiger partial charge in [0.05, 0.1) is 36.2 Å². The number of sulfonamides is 1. The Hall–Kier alpha value is -2.59. The summed E-state index contributed by atoms with van der Waals surface area (Å²) in [7, 11) is -3.78. The van der Waals surface area contributed by atoms with Gasteiger partial charge in [-0.15, -0.1) is 0 Å². The van der Waals surface area contributed by atoms with Gasteiger partial charge in [-0.2, -0.15) is 0 Å². The summed E-state index contributed by atoms with van der Waals surface area (Å²) in [5, 5.41) is 0. The Bertz CT molecular complexity index is 882. The van der Waals surface area contributed by atoms with Crippen LogP contribution in [-0.2, 0) is 14.8 Å². The second-order valence-electron chi connectivity index (χ2n) is 5.78. The highest BCUT2D eigenvalue weighted by Gasteiger charge is 2.20. The summed E-state index contributed by atoms with van der Waals surface area (Å²) < 4.78 is 43.8. The van der Waals surface area contributed by atoms with E-state index in [1.165, 1.54) is 24.5 Å². The molecular formula is C16H18N4O5S. The van der Waals surface area contributed by atoms with Crippen molar-refractivity contribution in [2.45, 2.75) is 4.90 Å². The summed E-state index contributed by atoms with van der Waals surface area (Å²) in [6.07, 6.45) is 2.90. The smallest absolute Gasteiger partial charge is 0.262 e. The van der Waals surface area contributed by atoms with Gasteiger partial charge < -0.3 is 19.1 Å². The van der Waals surface area contributed by atoms with Crippen LogP contribution < -0.4 is 19.1 Å². The van der Waals surface area contributed by atoms with Crippen LogP contribution in [0.15, 0.2) is 35.5 Å². The van der Waals surface area contributed by atoms with Crippen molar-refractivity contribution in [3.8, 4) is 11.5 Å². The third-order valence-electron chi connectivity index (χ3n) is 4.01. The number of rotatable bonds is 4. The molecule has 0 radical (unpaired) electrons. The largest absolute Gasteiger partial charge is 0.486 e. The van der Waals surface area contributed by atoms with Crippen molar-refractivity contribution in [1.82, 2.24) is 9.97 Å². The van der Waals surface area contributed by atoms with Gasteiger partial charge in [0.25, 0.3) is 10.0 Å². The van der Waals surface area contributed by atoms with Gasteiger partial charge in [0.2, 0.25) is 5.95 Å². The minimum Gasteiger partial charge on any atom is -0.486 e. The molecule has 10 heteroatoms. The van der Waals surface area contributed by atoms with Gasteiger partial charge in [-0.3, -0.25) is 4.72 Å². The quantitative estimate of drug-likeness (QED) is 0.837. The second-order valence-corrected chi connectivity index (χ2v) is 7.46. The fourth-order valence-corrected chi connectivity index (χ4v) is 3.75. The van der Waals surface area contributed by atoms with Gasteiger partial charge in [-0.05, 0) is 12.1 Å². The molecular weight excluding hydrogens is 360 g/mol. The molecule has 0 bridgehead atoms. The van der Waals surface area contributed by atoms with Crippen LogP contribution in [0.1, 0.15) is 0 Å². The summed E-state index contributed by atoms with van der Waals surface area (Å²) in [4.78, 5) is 10.5. The first-order chi connectivity index (χ1) is 12.6. The molecule has 3 heterocycles. The van der Waals surface area contributed by atoms with Gasteiger partial charge in [-0.25, -0.2) is 18.4 Å². The third kappa shape index (κ3) is 3.51. The van der Waals surface area contributed by atoms with E-state index in [2.05, 4.69) is 14.7 Å². The molecule has 0 amide bonds. The molecule has 26 heavy (non-hydrogen) atoms. The molecule has 2 aromatic rings. The van der Waals surface area contributed by atoms with E-state index in [0.717, 1.165) is 0 Å². The van der Waals surface area contributed by atoms with Crippen LogP contribution >= 0.6 is 0 Å². The molecule has 9 nitrogen and oxygen atoms in total. The second kappa shape index (κ2) is 6.96. The summed E-state index contributed by atoms with van der Waals surface area (Å²) in [5.41, 5.74) is 0.289. The van der Waals surface area contributed by atoms with Crippen molar-refractivity contribution in [1.29, 1.82) is 0 Å². The first-order valence-electron chi connectivity index (χ1n) is 8.19. The zero-order valence-corrected chi connectivity index (χ0v) is 14.7. The number of hydrogen-bond donors (Lipinski definition) is 1. The zero-order chi connectivity index (χ0) is 18.0. The SMILES string of the molecule is O=S(=O)(Nc1cnc(N2CCOCC2)nc1)c1ccc2c(c1)OCCO2. The molecule has 138 valence electrons. The van der Waals surface area contributed by atoms with Crippen molar-refractivity contribution >= 4 is 21.7 Å². The number of nitrogens with one attached hydrogen (secondary N) is 1. The standard InChI is InChI=1S/C16H18N4O5S/c21-26(22,13-1-2-14-15(9-13)25-8-7-24-14)19-12-10-17-16(18-11-12)20-3-5-23-6-4-20/h1-2,9-11,19H,3-8H2. The van der Waals surface area contributed by atoms with E-state index in [1.807, 2.05) is 4.90 Å². The Morgan fingerprint density at radius 3 is 2.38 bits per heavy atom. The Morgan fingerprint density at radius 1 is 0.962 bits per heavy atom. The number of morpholine rings is 1. The van der Waals surface area contributed by atoms with Crippen molar-refractivity contribution in [2.75, 3.05) is 49.1 Å². The monoisotopic (exact) mass is 378 g/mol. The van der Waals surface area contributed by atoms with Crippen LogP contribution in [-0.4, -0.2) is 57.9 Å². The highest BCUT2D eigenvalue weighted by Crippen LogP contribution is 2.32. The van der Waals surface area contributed by atoms with Crippen molar-refractivity contribution in [3.05, 3.63) is 30.6 Å². The number of hydrogen-bond acceptors (Lipinski definition) is 8. The Kier molecular flexibility index (Phi) is 4.51. The summed E-state index contributed by atoms with van der Waals surface area (Å²) >= 11 is 0. The minimum absolute atomic E-state index is 0.0824. The number of nitrogens with zero attached hydrogens (tertiary/aromatic N) is 3. The number of anilines is 2. The lowest BCUT2D eigenvalue weighted by Crippen LogP contribution is -2.37. The fourth-order valence-electron chi connectivity index (χ4n) is 2.71. The molecule has 2 aliphatic rings. The van der Waals surface area contributed by atoms with Gasteiger partial charge in [0, 0.05) is 19.2 Å². The van der Waals surface area contributed by atoms with E-state index in [4.69, 9.17) is 14.2 Å². The average molecular weight is 378 g/mol. The number of aromatic nitrogens is 2. The third-order valence-corrected chi connectivity index (χ3v) is 5.39. The lowest BCUT2D eigenvalue weighted by Gasteiger charge is -2.26. The van der Waals surface area contributed by atoms with Gasteiger partial charge in [-0.1, -0.05) is 0 Å². The molecule has 2 aliphatic heterocycles. The van der Waals surface area contributed by atoms with Crippen molar-refractivity contribution < 1.29 is 22.6 Å². The Balaban J connectivity index is 1.50. The number of benzene rings is 1. The molecule has 1 fully saturated rings. The molecule has 0 spiro atoms. The highest BCUT2D eigenvalue weighted by molar-refractivity contribution is 7.92. The van der Waals surface area contributed by atoms with Crippen LogP contribution in [0.25, 0.3) is 0 Å². The first-order valence-corrected chi connectivity index (χ1v) is 9.67. The maximum Gasteiger partial charge on any atom is 0.262 e. The topological polar surface area (TPSA) is 103 Å². The Labute approximate surface area is 151 Å². The Morgan fingerprint density at radius 2 is 1.65 bits per heavy atom. The summed E-state index contributed by atoms with van der Waals surface area (Å²) in [5.74, 6) is 1.50. The van der Waals surface area contributed by atoms with Crippen molar-refractivity contribution in [3.63, 3.8) is 0 Å². The fraction of sp³-hybridized carbons (Fsp3) is 0.375. The van der Waals surface area contributed by atoms with Gasteiger partial charge in [0.15, 0.2) is 11.5 Å². The summed E-state index contributed by atoms with van der Waals surface area (Å²) in [6, 6.07) is 4.50. The van der Waals surface area contributed by atoms with Crippen LogP contribution in [0.5, 0.6) is 11.5 Å². The van der Waals surface area contributed by atoms with E-state index < -0.39 is 10.0 Å². The van der Waals surface area contributed by atoms with Gasteiger partial charge in [0.1, 0.15) is 13.2 Å². The number of ether oxygens (including phenoxy) is 3. The maximum absolute atomic E-state index is 12.6. The van der Waals surface area contributed by atoms with Crippen LogP contribution in [0.2, 0.25) is 0 Å². The molecule has 4 rings (SSSR count). The zero-order valence-electron chi connectivity index (χ0n) is 13.9. The van der Waals surface area contributed by atoms with E-state index >= 15 is 0 Å². The van der Waals surface area contributed by atoms with Crippen LogP contribution in [0, 0.1) is 0 Å². The van der Waals surface area contributed by atoms with E-state index in [-0.39, 0.29) is 10.6 Å². The normalized spacial score (nSPS) is 17.0. The molecule has 1 aromatic heterocycles. The van der Waals surface area contributed by atoms with Crippen LogP contribution in [0.3, 0.4) is 0 Å². The highest BCUT2D eigenvalue weighted by atomic mass is 32.2. The van der Waals surface area contributed by atoms with Gasteiger partial charge >= 0.3 is 0 Å². The van der Waals surface area contributed by atoms with Crippen molar-refractivity contribution in [2.24, 2.45) is 0 Å². The number of fused-ring (bicyclic) bond motifs is 1. The molecule has 0 atom stereocenters. The summed E-state index contributed by atoms with van der Waals surface area (Å²) in [6.45, 7) is 3.51. The van der Waals surface area contributed by atoms with E-state index in [9.17, 15) is 8.42 Å². The van der Waals surface area contributed by atoms with E-state index in [0.29, 0.717) is 57.0 Å². The molecule has 0 aliphatic carbocycles. The minimum atomic E-state index is -3.78. The van der Waals surface area contributed by atoms with E-state index in [1.54, 1.807) is 6.07 Å². The molecule has 1 aromatic carbocycles. The lowest BCUT2D eigenvalue weighted by atomic mass is 10.3. The molecule has 1 N–H and O–H groups in total. The van der Waals surface area contributed by atoms with Crippen LogP contribution in [0.4, 0.5) is 11.6 Å². The predicted molar refractivity (Wildman–Crippen MR) is 93.3 cm³/mol. The first kappa shape index (κ1) is 16.9. The lowest BCUT2D eigenvalue weighted by molar-refractivity contribution is 0.122. The molecule has 1 saturated heterocycles. The molecule has 0 saturated carbocycles.